The minimum absolute atomic E-state index is 0.167. The molecule has 1 fully saturated rings. The van der Waals surface area contributed by atoms with Gasteiger partial charge in [0.15, 0.2) is 11.6 Å². The third-order valence-electron chi connectivity index (χ3n) is 3.43. The minimum Gasteiger partial charge on any atom is -0.505 e. The van der Waals surface area contributed by atoms with Crippen molar-refractivity contribution in [2.24, 2.45) is 5.92 Å². The largest absolute Gasteiger partial charge is 0.505 e. The number of carbonyl (C=O) groups excluding carboxylic acids is 1. The molecule has 1 aromatic carbocycles. The Kier molecular flexibility index (Phi) is 4.44. The van der Waals surface area contributed by atoms with Crippen LogP contribution in [-0.4, -0.2) is 40.8 Å². The third-order valence-corrected chi connectivity index (χ3v) is 3.43. The molecule has 20 heavy (non-hydrogen) atoms. The smallest absolute Gasteiger partial charge is 0.317 e. The topological polar surface area (TPSA) is 72.8 Å². The molecule has 0 saturated heterocycles. The van der Waals surface area contributed by atoms with Crippen molar-refractivity contribution in [2.45, 2.75) is 25.5 Å². The molecule has 0 aliphatic heterocycles. The summed E-state index contributed by atoms with van der Waals surface area (Å²) in [6, 6.07) is 3.64. The number of hydrogen-bond acceptors (Lipinski definition) is 3. The van der Waals surface area contributed by atoms with Gasteiger partial charge in [0, 0.05) is 20.1 Å². The van der Waals surface area contributed by atoms with E-state index >= 15 is 0 Å². The van der Waals surface area contributed by atoms with Gasteiger partial charge in [-0.2, -0.15) is 0 Å². The summed E-state index contributed by atoms with van der Waals surface area (Å²) in [5.74, 6) is -0.810. The zero-order valence-corrected chi connectivity index (χ0v) is 11.3. The average Bonchev–Trinajstić information content (AvgIpc) is 3.24. The van der Waals surface area contributed by atoms with Crippen molar-refractivity contribution in [1.29, 1.82) is 0 Å². The maximum absolute atomic E-state index is 13.1. The summed E-state index contributed by atoms with van der Waals surface area (Å²) in [5.41, 5.74) is 0.560. The fourth-order valence-electron chi connectivity index (χ4n) is 1.97. The van der Waals surface area contributed by atoms with E-state index in [0.717, 1.165) is 12.8 Å². The van der Waals surface area contributed by atoms with Crippen LogP contribution < -0.4 is 5.32 Å². The second-order valence-corrected chi connectivity index (χ2v) is 5.23. The van der Waals surface area contributed by atoms with Gasteiger partial charge < -0.3 is 20.4 Å². The van der Waals surface area contributed by atoms with E-state index in [4.69, 9.17) is 5.11 Å². The van der Waals surface area contributed by atoms with Crippen LogP contribution >= 0.6 is 0 Å². The highest BCUT2D eigenvalue weighted by Gasteiger charge is 2.31. The van der Waals surface area contributed by atoms with Crippen LogP contribution in [0.5, 0.6) is 5.75 Å². The van der Waals surface area contributed by atoms with Crippen LogP contribution in [0.4, 0.5) is 9.18 Å². The van der Waals surface area contributed by atoms with E-state index in [0.29, 0.717) is 18.0 Å². The van der Waals surface area contributed by atoms with E-state index in [1.807, 2.05) is 0 Å². The lowest BCUT2D eigenvalue weighted by Crippen LogP contribution is -2.41. The first-order valence-electron chi connectivity index (χ1n) is 6.62. The number of aliphatic hydroxyl groups is 1. The summed E-state index contributed by atoms with van der Waals surface area (Å²) in [7, 11) is 1.61. The van der Waals surface area contributed by atoms with Crippen molar-refractivity contribution in [1.82, 2.24) is 10.2 Å². The molecule has 1 aliphatic rings. The standard InChI is InChI=1S/C14H19FN2O3/c1-17(8-13(19)10-3-4-10)14(20)16-7-9-2-5-12(18)11(15)6-9/h2,5-6,10,13,18-19H,3-4,7-8H2,1H3,(H,16,20). The average molecular weight is 282 g/mol. The van der Waals surface area contributed by atoms with Gasteiger partial charge in [0.1, 0.15) is 0 Å². The van der Waals surface area contributed by atoms with Crippen LogP contribution in [0.2, 0.25) is 0 Å². The van der Waals surface area contributed by atoms with Gasteiger partial charge in [-0.1, -0.05) is 6.07 Å². The highest BCUT2D eigenvalue weighted by molar-refractivity contribution is 5.73. The minimum atomic E-state index is -0.714. The van der Waals surface area contributed by atoms with Crippen LogP contribution in [0, 0.1) is 11.7 Å². The summed E-state index contributed by atoms with van der Waals surface area (Å²) in [4.78, 5) is 13.2. The Labute approximate surface area is 117 Å². The number of aromatic hydroxyl groups is 1. The molecule has 0 radical (unpaired) electrons. The monoisotopic (exact) mass is 282 g/mol. The SMILES string of the molecule is CN(CC(O)C1CC1)C(=O)NCc1ccc(O)c(F)c1. The molecule has 1 unspecified atom stereocenters. The van der Waals surface area contributed by atoms with E-state index in [9.17, 15) is 14.3 Å². The van der Waals surface area contributed by atoms with Crippen LogP contribution in [0.25, 0.3) is 0 Å². The molecule has 3 N–H and O–H groups in total. The number of urea groups is 1. The van der Waals surface area contributed by atoms with E-state index in [1.54, 1.807) is 7.05 Å². The number of likely N-dealkylation sites (N-methyl/N-ethyl adjacent to an activating group) is 1. The lowest BCUT2D eigenvalue weighted by Gasteiger charge is -2.21. The van der Waals surface area contributed by atoms with E-state index < -0.39 is 17.7 Å². The first-order valence-corrected chi connectivity index (χ1v) is 6.62. The maximum atomic E-state index is 13.1. The summed E-state index contributed by atoms with van der Waals surface area (Å²) in [6.45, 7) is 0.459. The fraction of sp³-hybridized carbons (Fsp3) is 0.500. The predicted octanol–water partition coefficient (Wildman–Crippen LogP) is 1.44. The molecule has 1 aliphatic carbocycles. The molecule has 1 atom stereocenters. The predicted molar refractivity (Wildman–Crippen MR) is 71.7 cm³/mol. The van der Waals surface area contributed by atoms with Crippen LogP contribution in [-0.2, 0) is 6.54 Å². The number of hydrogen-bond donors (Lipinski definition) is 3. The number of benzene rings is 1. The number of amides is 2. The van der Waals surface area contributed by atoms with Crippen molar-refractivity contribution < 1.29 is 19.4 Å². The van der Waals surface area contributed by atoms with Crippen molar-refractivity contribution >= 4 is 6.03 Å². The van der Waals surface area contributed by atoms with E-state index in [1.165, 1.54) is 23.1 Å². The third kappa shape index (κ3) is 3.84. The number of phenolic OH excluding ortho intramolecular Hbond substituents is 1. The molecular formula is C14H19FN2O3. The van der Waals surface area contributed by atoms with E-state index in [-0.39, 0.29) is 12.6 Å². The zero-order chi connectivity index (χ0) is 14.7. The number of nitrogens with one attached hydrogen (secondary N) is 1. The first kappa shape index (κ1) is 14.6. The quantitative estimate of drug-likeness (QED) is 0.765. The highest BCUT2D eigenvalue weighted by Crippen LogP contribution is 2.32. The molecule has 1 aromatic rings. The summed E-state index contributed by atoms with van der Waals surface area (Å²) >= 11 is 0. The number of phenols is 1. The summed E-state index contributed by atoms with van der Waals surface area (Å²) in [5, 5.41) is 21.5. The number of aliphatic hydroxyl groups excluding tert-OH is 1. The van der Waals surface area contributed by atoms with Gasteiger partial charge in [-0.25, -0.2) is 9.18 Å². The van der Waals surface area contributed by atoms with Gasteiger partial charge in [0.2, 0.25) is 0 Å². The van der Waals surface area contributed by atoms with Gasteiger partial charge in [-0.05, 0) is 36.5 Å². The number of carbonyl (C=O) groups is 1. The van der Waals surface area contributed by atoms with Gasteiger partial charge in [0.05, 0.1) is 6.10 Å². The normalized spacial score (nSPS) is 15.8. The fourth-order valence-corrected chi connectivity index (χ4v) is 1.97. The Morgan fingerprint density at radius 3 is 2.85 bits per heavy atom. The molecule has 2 amide bonds. The lowest BCUT2D eigenvalue weighted by molar-refractivity contribution is 0.113. The van der Waals surface area contributed by atoms with Gasteiger partial charge in [0.25, 0.3) is 0 Å². The van der Waals surface area contributed by atoms with Crippen molar-refractivity contribution in [3.63, 3.8) is 0 Å². The maximum Gasteiger partial charge on any atom is 0.317 e. The molecule has 0 heterocycles. The molecule has 110 valence electrons. The Morgan fingerprint density at radius 2 is 2.25 bits per heavy atom. The van der Waals surface area contributed by atoms with E-state index in [2.05, 4.69) is 5.32 Å². The van der Waals surface area contributed by atoms with Crippen LogP contribution in [0.15, 0.2) is 18.2 Å². The highest BCUT2D eigenvalue weighted by atomic mass is 19.1. The molecule has 5 nitrogen and oxygen atoms in total. The molecule has 0 bridgehead atoms. The first-order chi connectivity index (χ1) is 9.47. The second kappa shape index (κ2) is 6.09. The zero-order valence-electron chi connectivity index (χ0n) is 11.3. The number of halogens is 1. The van der Waals surface area contributed by atoms with Crippen LogP contribution in [0.3, 0.4) is 0 Å². The number of nitrogens with zero attached hydrogens (tertiary/aromatic N) is 1. The van der Waals surface area contributed by atoms with Gasteiger partial charge in [-0.15, -0.1) is 0 Å². The molecule has 6 heteroatoms. The molecule has 0 aromatic heterocycles. The Bertz CT molecular complexity index is 491. The Balaban J connectivity index is 1.79. The molecule has 2 rings (SSSR count). The van der Waals surface area contributed by atoms with Gasteiger partial charge in [-0.3, -0.25) is 0 Å². The number of rotatable bonds is 5. The van der Waals surface area contributed by atoms with Gasteiger partial charge >= 0.3 is 6.03 Å². The summed E-state index contributed by atoms with van der Waals surface area (Å²) < 4.78 is 13.1. The van der Waals surface area contributed by atoms with Crippen molar-refractivity contribution in [3.05, 3.63) is 29.6 Å². The second-order valence-electron chi connectivity index (χ2n) is 5.23. The lowest BCUT2D eigenvalue weighted by atomic mass is 10.2. The molecule has 0 spiro atoms. The molecular weight excluding hydrogens is 263 g/mol. The van der Waals surface area contributed by atoms with Crippen molar-refractivity contribution in [3.8, 4) is 5.75 Å². The Morgan fingerprint density at radius 1 is 1.55 bits per heavy atom. The van der Waals surface area contributed by atoms with Crippen molar-refractivity contribution in [2.75, 3.05) is 13.6 Å². The molecule has 1 saturated carbocycles. The van der Waals surface area contributed by atoms with Crippen LogP contribution in [0.1, 0.15) is 18.4 Å². The Hall–Kier alpha value is -1.82. The summed E-state index contributed by atoms with van der Waals surface area (Å²) in [6.07, 6.45) is 1.56.